The predicted octanol–water partition coefficient (Wildman–Crippen LogP) is 3.56. The summed E-state index contributed by atoms with van der Waals surface area (Å²) in [5.41, 5.74) is 1.94. The van der Waals surface area contributed by atoms with Gasteiger partial charge in [-0.2, -0.15) is 5.26 Å². The topological polar surface area (TPSA) is 83.2 Å². The van der Waals surface area contributed by atoms with Gasteiger partial charge in [0.05, 0.1) is 29.6 Å². The molecule has 5 nitrogen and oxygen atoms in total. The van der Waals surface area contributed by atoms with E-state index in [0.29, 0.717) is 32.6 Å². The lowest BCUT2D eigenvalue weighted by Gasteiger charge is -2.17. The van der Waals surface area contributed by atoms with E-state index in [0.717, 1.165) is 0 Å². The van der Waals surface area contributed by atoms with E-state index in [2.05, 4.69) is 11.1 Å². The first-order chi connectivity index (χ1) is 11.4. The van der Waals surface area contributed by atoms with Crippen molar-refractivity contribution < 1.29 is 14.6 Å². The summed E-state index contributed by atoms with van der Waals surface area (Å²) in [6.07, 6.45) is 0.148. The molecule has 1 heterocycles. The molecular weight excluding hydrogens is 351 g/mol. The molecular formula is C17H14Cl2N2O3. The minimum atomic E-state index is -0.650. The van der Waals surface area contributed by atoms with Gasteiger partial charge in [0, 0.05) is 34.2 Å². The number of rotatable bonds is 4. The molecule has 0 fully saturated rings. The number of carbonyl (C=O) groups is 1. The summed E-state index contributed by atoms with van der Waals surface area (Å²) in [6.45, 7) is 1.46. The maximum absolute atomic E-state index is 12.3. The van der Waals surface area contributed by atoms with Crippen molar-refractivity contribution in [1.29, 1.82) is 5.26 Å². The molecule has 0 spiro atoms. The van der Waals surface area contributed by atoms with Crippen molar-refractivity contribution in [2.24, 2.45) is 0 Å². The molecule has 0 aliphatic heterocycles. The molecule has 1 aromatic heterocycles. The number of carbonyl (C=O) groups excluding carboxylic acids is 1. The zero-order valence-electron chi connectivity index (χ0n) is 13.1. The number of benzene rings is 1. The van der Waals surface area contributed by atoms with Gasteiger partial charge in [-0.3, -0.25) is 4.98 Å². The molecule has 0 aliphatic carbocycles. The number of methoxy groups -OCH3 is 1. The molecule has 0 amide bonds. The van der Waals surface area contributed by atoms with Gasteiger partial charge in [0.2, 0.25) is 0 Å². The predicted molar refractivity (Wildman–Crippen MR) is 91.3 cm³/mol. The Morgan fingerprint density at radius 3 is 2.67 bits per heavy atom. The van der Waals surface area contributed by atoms with Gasteiger partial charge in [-0.05, 0) is 19.1 Å². The summed E-state index contributed by atoms with van der Waals surface area (Å²) >= 11 is 12.2. The maximum Gasteiger partial charge on any atom is 0.340 e. The first-order valence-electron chi connectivity index (χ1n) is 7.02. The fraction of sp³-hybridized carbons (Fsp3) is 0.235. The summed E-state index contributed by atoms with van der Waals surface area (Å²) in [4.78, 5) is 16.6. The molecule has 24 heavy (non-hydrogen) atoms. The third-order valence-electron chi connectivity index (χ3n) is 3.50. The van der Waals surface area contributed by atoms with Gasteiger partial charge < -0.3 is 9.84 Å². The first-order valence-corrected chi connectivity index (χ1v) is 7.78. The SMILES string of the molecule is COC(=O)c1c(CCO)nc(C)c(C#N)c1-c1ccc(Cl)cc1Cl. The molecule has 0 unspecified atom stereocenters. The Morgan fingerprint density at radius 2 is 2.12 bits per heavy atom. The fourth-order valence-electron chi connectivity index (χ4n) is 2.47. The summed E-state index contributed by atoms with van der Waals surface area (Å²) in [7, 11) is 1.24. The Labute approximate surface area is 149 Å². The number of aliphatic hydroxyl groups is 1. The average Bonchev–Trinajstić information content (AvgIpc) is 2.54. The van der Waals surface area contributed by atoms with Gasteiger partial charge >= 0.3 is 5.97 Å². The van der Waals surface area contributed by atoms with Crippen molar-refractivity contribution in [3.05, 3.63) is 50.8 Å². The molecule has 1 aromatic carbocycles. The highest BCUT2D eigenvalue weighted by atomic mass is 35.5. The molecule has 0 aliphatic rings. The molecule has 2 aromatic rings. The molecule has 7 heteroatoms. The lowest BCUT2D eigenvalue weighted by Crippen LogP contribution is -2.14. The number of esters is 1. The molecule has 0 saturated carbocycles. The normalized spacial score (nSPS) is 10.3. The number of aliphatic hydroxyl groups excluding tert-OH is 1. The van der Waals surface area contributed by atoms with Crippen LogP contribution in [0.4, 0.5) is 0 Å². The number of nitriles is 1. The number of aryl methyl sites for hydroxylation is 1. The smallest absolute Gasteiger partial charge is 0.340 e. The Balaban J connectivity index is 2.94. The van der Waals surface area contributed by atoms with Gasteiger partial charge in [0.25, 0.3) is 0 Å². The Hall–Kier alpha value is -2.13. The van der Waals surface area contributed by atoms with Crippen molar-refractivity contribution in [3.8, 4) is 17.2 Å². The molecule has 0 saturated heterocycles. The van der Waals surface area contributed by atoms with Gasteiger partial charge in [-0.15, -0.1) is 0 Å². The number of hydrogen-bond acceptors (Lipinski definition) is 5. The van der Waals surface area contributed by atoms with Gasteiger partial charge in [-0.25, -0.2) is 4.79 Å². The Bertz CT molecular complexity index is 845. The van der Waals surface area contributed by atoms with E-state index >= 15 is 0 Å². The van der Waals surface area contributed by atoms with Crippen molar-refractivity contribution in [3.63, 3.8) is 0 Å². The average molecular weight is 365 g/mol. The Morgan fingerprint density at radius 1 is 1.42 bits per heavy atom. The van der Waals surface area contributed by atoms with Crippen LogP contribution in [0, 0.1) is 18.3 Å². The number of ether oxygens (including phenoxy) is 1. The summed E-state index contributed by atoms with van der Waals surface area (Å²) in [5.74, 6) is -0.650. The van der Waals surface area contributed by atoms with Crippen LogP contribution in [0.1, 0.15) is 27.3 Å². The largest absolute Gasteiger partial charge is 0.465 e. The van der Waals surface area contributed by atoms with E-state index in [9.17, 15) is 15.2 Å². The molecule has 124 valence electrons. The number of nitrogens with zero attached hydrogens (tertiary/aromatic N) is 2. The van der Waals surface area contributed by atoms with Crippen LogP contribution >= 0.6 is 23.2 Å². The van der Waals surface area contributed by atoms with Crippen LogP contribution in [0.25, 0.3) is 11.1 Å². The quantitative estimate of drug-likeness (QED) is 0.838. The highest BCUT2D eigenvalue weighted by Crippen LogP contribution is 2.37. The van der Waals surface area contributed by atoms with Gasteiger partial charge in [0.1, 0.15) is 6.07 Å². The second-order valence-electron chi connectivity index (χ2n) is 4.97. The summed E-state index contributed by atoms with van der Waals surface area (Å²) in [5, 5.41) is 19.5. The van der Waals surface area contributed by atoms with Gasteiger partial charge in [-0.1, -0.05) is 29.3 Å². The molecule has 2 rings (SSSR count). The van der Waals surface area contributed by atoms with E-state index in [-0.39, 0.29) is 24.2 Å². The van der Waals surface area contributed by atoms with Crippen LogP contribution in [-0.4, -0.2) is 29.8 Å². The van der Waals surface area contributed by atoms with Crippen LogP contribution in [-0.2, 0) is 11.2 Å². The minimum absolute atomic E-state index is 0.123. The van der Waals surface area contributed by atoms with Crippen molar-refractivity contribution in [2.75, 3.05) is 13.7 Å². The number of aromatic nitrogens is 1. The molecule has 0 radical (unpaired) electrons. The molecule has 0 atom stereocenters. The monoisotopic (exact) mass is 364 g/mol. The fourth-order valence-corrected chi connectivity index (χ4v) is 2.97. The minimum Gasteiger partial charge on any atom is -0.465 e. The van der Waals surface area contributed by atoms with E-state index in [1.54, 1.807) is 19.1 Å². The highest BCUT2D eigenvalue weighted by Gasteiger charge is 2.26. The van der Waals surface area contributed by atoms with E-state index in [1.807, 2.05) is 0 Å². The summed E-state index contributed by atoms with van der Waals surface area (Å²) < 4.78 is 4.85. The number of halogens is 2. The zero-order chi connectivity index (χ0) is 17.9. The first kappa shape index (κ1) is 18.2. The second-order valence-corrected chi connectivity index (χ2v) is 5.81. The molecule has 1 N–H and O–H groups in total. The van der Waals surface area contributed by atoms with Crippen LogP contribution in [0.15, 0.2) is 18.2 Å². The van der Waals surface area contributed by atoms with E-state index < -0.39 is 5.97 Å². The van der Waals surface area contributed by atoms with E-state index in [1.165, 1.54) is 13.2 Å². The number of pyridine rings is 1. The van der Waals surface area contributed by atoms with Crippen LogP contribution in [0.2, 0.25) is 10.0 Å². The third kappa shape index (κ3) is 3.36. The van der Waals surface area contributed by atoms with Crippen LogP contribution in [0.3, 0.4) is 0 Å². The molecule has 0 bridgehead atoms. The van der Waals surface area contributed by atoms with Crippen LogP contribution < -0.4 is 0 Å². The number of hydrogen-bond donors (Lipinski definition) is 1. The van der Waals surface area contributed by atoms with Gasteiger partial charge in [0.15, 0.2) is 0 Å². The van der Waals surface area contributed by atoms with Crippen molar-refractivity contribution in [1.82, 2.24) is 4.98 Å². The lowest BCUT2D eigenvalue weighted by molar-refractivity contribution is 0.0599. The second kappa shape index (κ2) is 7.63. The van der Waals surface area contributed by atoms with Crippen LogP contribution in [0.5, 0.6) is 0 Å². The standard InChI is InChI=1S/C17H14Cl2N2O3/c1-9-12(8-20)15(11-4-3-10(18)7-13(11)19)16(17(23)24-2)14(21-9)5-6-22/h3-4,7,22H,5-6H2,1-2H3. The van der Waals surface area contributed by atoms with E-state index in [4.69, 9.17) is 27.9 Å². The highest BCUT2D eigenvalue weighted by molar-refractivity contribution is 6.36. The summed E-state index contributed by atoms with van der Waals surface area (Å²) in [6, 6.07) is 6.85. The van der Waals surface area contributed by atoms with Crippen molar-refractivity contribution >= 4 is 29.2 Å². The Kier molecular flexibility index (Phi) is 5.79. The van der Waals surface area contributed by atoms with Crippen molar-refractivity contribution in [2.45, 2.75) is 13.3 Å². The maximum atomic E-state index is 12.3. The lowest BCUT2D eigenvalue weighted by atomic mass is 9.92. The third-order valence-corrected chi connectivity index (χ3v) is 4.05. The zero-order valence-corrected chi connectivity index (χ0v) is 14.6.